The summed E-state index contributed by atoms with van der Waals surface area (Å²) < 4.78 is 85.0. The molecule has 3 heterocycles. The maximum absolute atomic E-state index is 16.0. The zero-order chi connectivity index (χ0) is 39.5. The number of hydrogen-bond acceptors (Lipinski definition) is 8. The summed E-state index contributed by atoms with van der Waals surface area (Å²) in [5.74, 6) is 0.299. The van der Waals surface area contributed by atoms with Crippen molar-refractivity contribution in [3.8, 4) is 22.9 Å². The van der Waals surface area contributed by atoms with Gasteiger partial charge in [-0.25, -0.2) is 23.4 Å². The standard InChI is InChI=1S/C41H37F3N6O5S/c1-27-34(41(42,43)44)20-19-33(28-21-22-45-36(23-28)54-3)37(27)47-39(51)48-56(52,35-24-46-50-25-32(53-2)26-55-38(35)50)49-40(29-13-7-4-8-14-29,30-15-9-5-10-16-30)31-17-11-6-12-18-31/h4-24,32H,25-26H2,1-3H3,(H2,47,48,49,51,52)/t32-,56?/m0/s1. The molecule has 0 aliphatic carbocycles. The summed E-state index contributed by atoms with van der Waals surface area (Å²) in [5.41, 5.74) is -0.415. The van der Waals surface area contributed by atoms with Gasteiger partial charge in [-0.15, -0.1) is 0 Å². The maximum Gasteiger partial charge on any atom is 0.416 e. The van der Waals surface area contributed by atoms with E-state index in [2.05, 4.69) is 20.1 Å². The van der Waals surface area contributed by atoms with Crippen molar-refractivity contribution in [3.63, 3.8) is 0 Å². The quantitative estimate of drug-likeness (QED) is 0.134. The van der Waals surface area contributed by atoms with Crippen LogP contribution < -0.4 is 19.5 Å². The van der Waals surface area contributed by atoms with Gasteiger partial charge in [-0.1, -0.05) is 97.1 Å². The van der Waals surface area contributed by atoms with Crippen molar-refractivity contribution in [2.24, 2.45) is 4.36 Å². The number of carbonyl (C=O) groups is 1. The number of rotatable bonds is 10. The van der Waals surface area contributed by atoms with E-state index in [4.69, 9.17) is 18.6 Å². The molecule has 2 amide bonds. The number of fused-ring (bicyclic) bond motifs is 1. The number of alkyl halides is 3. The molecule has 1 aliphatic rings. The molecular formula is C41H37F3N6O5S. The van der Waals surface area contributed by atoms with Gasteiger partial charge in [0.1, 0.15) is 23.1 Å². The van der Waals surface area contributed by atoms with Crippen molar-refractivity contribution in [2.45, 2.75) is 36.2 Å². The van der Waals surface area contributed by atoms with Crippen molar-refractivity contribution in [1.82, 2.24) is 19.5 Å². The second kappa shape index (κ2) is 15.5. The Morgan fingerprint density at radius 3 is 2.07 bits per heavy atom. The summed E-state index contributed by atoms with van der Waals surface area (Å²) in [7, 11) is -1.25. The Bertz CT molecular complexity index is 2380. The van der Waals surface area contributed by atoms with Crippen LogP contribution in [0.4, 0.5) is 23.7 Å². The first-order valence-corrected chi connectivity index (χ1v) is 18.9. The SMILES string of the molecule is COc1cc(-c2ccc(C(F)(F)F)c(C)c2NC(=O)NS(=O)(=NC(c2ccccc2)(c2ccccc2)c2ccccc2)c2cnn3c2OC[C@@H](OC)C3)ccn1. The van der Waals surface area contributed by atoms with Crippen LogP contribution in [0.25, 0.3) is 11.1 Å². The predicted molar refractivity (Wildman–Crippen MR) is 205 cm³/mol. The minimum absolute atomic E-state index is 0.0470. The average molecular weight is 783 g/mol. The van der Waals surface area contributed by atoms with Gasteiger partial charge in [-0.2, -0.15) is 22.6 Å². The Labute approximate surface area is 321 Å². The minimum atomic E-state index is -4.75. The Morgan fingerprint density at radius 2 is 1.52 bits per heavy atom. The molecule has 0 bridgehead atoms. The van der Waals surface area contributed by atoms with Crippen LogP contribution in [-0.2, 0) is 32.9 Å². The molecule has 2 aromatic heterocycles. The van der Waals surface area contributed by atoms with E-state index < -0.39 is 33.2 Å². The molecule has 0 saturated heterocycles. The highest BCUT2D eigenvalue weighted by Gasteiger charge is 2.41. The number of halogens is 3. The van der Waals surface area contributed by atoms with E-state index in [1.165, 1.54) is 50.4 Å². The fourth-order valence-corrected chi connectivity index (χ4v) is 8.62. The van der Waals surface area contributed by atoms with E-state index in [1.54, 1.807) is 6.07 Å². The normalized spacial score (nSPS) is 15.1. The van der Waals surface area contributed by atoms with Crippen molar-refractivity contribution >= 4 is 21.6 Å². The van der Waals surface area contributed by atoms with Gasteiger partial charge in [0, 0.05) is 24.9 Å². The smallest absolute Gasteiger partial charge is 0.416 e. The number of methoxy groups -OCH3 is 2. The molecule has 11 nitrogen and oxygen atoms in total. The summed E-state index contributed by atoms with van der Waals surface area (Å²) >= 11 is 0. The van der Waals surface area contributed by atoms with Crippen LogP contribution in [-0.4, -0.2) is 51.9 Å². The molecule has 288 valence electrons. The number of aromatic nitrogens is 3. The van der Waals surface area contributed by atoms with Gasteiger partial charge < -0.3 is 19.5 Å². The van der Waals surface area contributed by atoms with E-state index in [-0.39, 0.29) is 52.7 Å². The van der Waals surface area contributed by atoms with Crippen molar-refractivity contribution in [3.05, 3.63) is 155 Å². The molecule has 7 rings (SSSR count). The number of nitrogens with one attached hydrogen (secondary N) is 2. The molecule has 1 unspecified atom stereocenters. The molecule has 56 heavy (non-hydrogen) atoms. The van der Waals surface area contributed by atoms with Crippen LogP contribution >= 0.6 is 0 Å². The summed E-state index contributed by atoms with van der Waals surface area (Å²) in [6.45, 7) is 1.61. The first kappa shape index (κ1) is 38.1. The first-order valence-electron chi connectivity index (χ1n) is 17.4. The van der Waals surface area contributed by atoms with E-state index in [0.717, 1.165) is 6.07 Å². The monoisotopic (exact) mass is 782 g/mol. The Balaban J connectivity index is 1.46. The third kappa shape index (κ3) is 7.30. The number of urea groups is 1. The van der Waals surface area contributed by atoms with Crippen LogP contribution in [0, 0.1) is 6.92 Å². The topological polar surface area (TPSA) is 129 Å². The van der Waals surface area contributed by atoms with Crippen LogP contribution in [0.2, 0.25) is 0 Å². The number of amides is 2. The molecular weight excluding hydrogens is 746 g/mol. The lowest BCUT2D eigenvalue weighted by Crippen LogP contribution is -2.39. The summed E-state index contributed by atoms with van der Waals surface area (Å²) in [5, 5.41) is 7.05. The summed E-state index contributed by atoms with van der Waals surface area (Å²) in [4.78, 5) is 18.5. The summed E-state index contributed by atoms with van der Waals surface area (Å²) in [6.07, 6.45) is -2.35. The van der Waals surface area contributed by atoms with Crippen LogP contribution in [0.1, 0.15) is 27.8 Å². The van der Waals surface area contributed by atoms with Gasteiger partial charge in [-0.05, 0) is 46.9 Å². The van der Waals surface area contributed by atoms with Gasteiger partial charge in [0.25, 0.3) is 0 Å². The first-order chi connectivity index (χ1) is 27.0. The van der Waals surface area contributed by atoms with E-state index in [1.807, 2.05) is 91.0 Å². The van der Waals surface area contributed by atoms with Gasteiger partial charge in [0.2, 0.25) is 11.8 Å². The zero-order valence-corrected chi connectivity index (χ0v) is 31.3. The van der Waals surface area contributed by atoms with Gasteiger partial charge >= 0.3 is 12.2 Å². The molecule has 6 aromatic rings. The van der Waals surface area contributed by atoms with Gasteiger partial charge in [-0.3, -0.25) is 0 Å². The fourth-order valence-electron chi connectivity index (χ4n) is 6.77. The largest absolute Gasteiger partial charge is 0.481 e. The lowest BCUT2D eigenvalue weighted by Gasteiger charge is -2.33. The van der Waals surface area contributed by atoms with Crippen molar-refractivity contribution in [2.75, 3.05) is 26.1 Å². The molecule has 2 N–H and O–H groups in total. The fraction of sp³-hybridized carbons (Fsp3) is 0.195. The highest BCUT2D eigenvalue weighted by molar-refractivity contribution is 7.92. The van der Waals surface area contributed by atoms with Crippen molar-refractivity contribution in [1.29, 1.82) is 0 Å². The third-order valence-electron chi connectivity index (χ3n) is 9.51. The van der Waals surface area contributed by atoms with E-state index in [0.29, 0.717) is 22.3 Å². The van der Waals surface area contributed by atoms with Gasteiger partial charge in [0.05, 0.1) is 31.1 Å². The maximum atomic E-state index is 16.0. The number of carbonyl (C=O) groups excluding carboxylic acids is 1. The molecule has 0 spiro atoms. The molecule has 15 heteroatoms. The molecule has 4 aromatic carbocycles. The van der Waals surface area contributed by atoms with Crippen molar-refractivity contribution < 1.29 is 36.4 Å². The number of hydrogen-bond donors (Lipinski definition) is 2. The number of pyridine rings is 1. The van der Waals surface area contributed by atoms with Crippen LogP contribution in [0.15, 0.2) is 137 Å². The zero-order valence-electron chi connectivity index (χ0n) is 30.5. The number of ether oxygens (including phenoxy) is 3. The molecule has 2 atom stereocenters. The molecule has 0 saturated carbocycles. The minimum Gasteiger partial charge on any atom is -0.481 e. The van der Waals surface area contributed by atoms with Crippen LogP contribution in [0.3, 0.4) is 0 Å². The van der Waals surface area contributed by atoms with E-state index in [9.17, 15) is 18.0 Å². The highest BCUT2D eigenvalue weighted by atomic mass is 32.2. The Morgan fingerprint density at radius 1 is 0.911 bits per heavy atom. The number of benzene rings is 4. The second-order valence-electron chi connectivity index (χ2n) is 12.9. The molecule has 0 radical (unpaired) electrons. The second-order valence-corrected chi connectivity index (χ2v) is 14.8. The lowest BCUT2D eigenvalue weighted by atomic mass is 9.78. The lowest BCUT2D eigenvalue weighted by molar-refractivity contribution is -0.138. The highest BCUT2D eigenvalue weighted by Crippen LogP contribution is 2.44. The summed E-state index contributed by atoms with van der Waals surface area (Å²) in [6, 6.07) is 31.8. The van der Waals surface area contributed by atoms with Gasteiger partial charge in [0.15, 0.2) is 9.92 Å². The predicted octanol–water partition coefficient (Wildman–Crippen LogP) is 8.24. The number of anilines is 1. The third-order valence-corrected chi connectivity index (χ3v) is 11.4. The average Bonchev–Trinajstić information content (AvgIpc) is 3.65. The molecule has 1 aliphatic heterocycles. The number of nitrogens with zero attached hydrogens (tertiary/aromatic N) is 4. The molecule has 0 fully saturated rings. The van der Waals surface area contributed by atoms with E-state index >= 15 is 4.21 Å². The Kier molecular flexibility index (Phi) is 10.6. The van der Waals surface area contributed by atoms with Crippen LogP contribution in [0.5, 0.6) is 11.8 Å². The Hall–Kier alpha value is -6.19.